The first-order valence-electron chi connectivity index (χ1n) is 17.3. The molecule has 1 heterocycles. The van der Waals surface area contributed by atoms with Gasteiger partial charge >= 0.3 is 0 Å². The molecule has 4 aliphatic carbocycles. The number of carbonyl (C=O) groups is 1. The number of ketones is 1. The minimum Gasteiger partial charge on any atom is -0.414 e. The number of Topliss-reactive ketones (excluding diaryl/α,β-unsaturated/α-hetero) is 1. The molecule has 0 bridgehead atoms. The fourth-order valence-electron chi connectivity index (χ4n) is 9.75. The van der Waals surface area contributed by atoms with Gasteiger partial charge in [0.1, 0.15) is 0 Å². The highest BCUT2D eigenvalue weighted by Crippen LogP contribution is 2.70. The van der Waals surface area contributed by atoms with Crippen molar-refractivity contribution in [3.63, 3.8) is 0 Å². The van der Waals surface area contributed by atoms with Crippen molar-refractivity contribution in [2.24, 2.45) is 34.5 Å². The van der Waals surface area contributed by atoms with Crippen LogP contribution < -0.4 is 0 Å². The zero-order valence-corrected chi connectivity index (χ0v) is 32.3. The molecule has 1 aliphatic heterocycles. The topological polar surface area (TPSA) is 54.0 Å². The van der Waals surface area contributed by atoms with Crippen LogP contribution in [0, 0.1) is 34.5 Å². The molecular weight excluding hydrogens is 569 g/mol. The van der Waals surface area contributed by atoms with E-state index in [1.165, 1.54) is 0 Å². The Kier molecular flexibility index (Phi) is 8.18. The molecule has 0 amide bonds. The fraction of sp³-hybridized carbons (Fsp3) is 0.917. The van der Waals surface area contributed by atoms with Crippen molar-refractivity contribution in [3.05, 3.63) is 11.6 Å². The van der Waals surface area contributed by atoms with Gasteiger partial charge in [-0.25, -0.2) is 0 Å². The lowest BCUT2D eigenvalue weighted by atomic mass is 9.43. The third-order valence-electron chi connectivity index (χ3n) is 13.9. The van der Waals surface area contributed by atoms with Crippen LogP contribution in [0.15, 0.2) is 11.6 Å². The lowest BCUT2D eigenvalue weighted by Crippen LogP contribution is -2.68. The highest BCUT2D eigenvalue weighted by molar-refractivity contribution is 6.74. The Morgan fingerprint density at radius 1 is 0.860 bits per heavy atom. The second-order valence-electron chi connectivity index (χ2n) is 19.0. The standard InChI is InChI=1S/C36H64O5Si2/c1-16-23-26(37)20-24-28-29(27(21-36(23,24)11)41-43(14,15)33(5,6)7)35(10)18-17-22(40-42(12,13)32(2,3)4)19-25(35)30-31(28)39-34(8,9)38-30/h16,22,24-25,27-31H,17-21H2,1-15H3/b23-16-/t22-,24-,25+,27-,28-,29-,30+,31+,35-,36+/m0/s1. The largest absolute Gasteiger partial charge is 0.414 e. The Bertz CT molecular complexity index is 1150. The number of ether oxygens (including phenoxy) is 2. The van der Waals surface area contributed by atoms with Crippen molar-refractivity contribution < 1.29 is 23.1 Å². The van der Waals surface area contributed by atoms with Crippen molar-refractivity contribution in [1.82, 2.24) is 0 Å². The Morgan fingerprint density at radius 2 is 1.42 bits per heavy atom. The van der Waals surface area contributed by atoms with Crippen LogP contribution >= 0.6 is 0 Å². The summed E-state index contributed by atoms with van der Waals surface area (Å²) < 4.78 is 28.6. The van der Waals surface area contributed by atoms with Crippen molar-refractivity contribution in [2.45, 2.75) is 175 Å². The molecule has 0 spiro atoms. The van der Waals surface area contributed by atoms with E-state index in [1.807, 2.05) is 0 Å². The van der Waals surface area contributed by atoms with E-state index in [2.05, 4.69) is 108 Å². The smallest absolute Gasteiger partial charge is 0.192 e. The minimum absolute atomic E-state index is 0.00713. The van der Waals surface area contributed by atoms with Gasteiger partial charge in [0, 0.05) is 24.0 Å². The highest BCUT2D eigenvalue weighted by Gasteiger charge is 2.71. The number of hydrogen-bond donors (Lipinski definition) is 0. The van der Waals surface area contributed by atoms with Crippen LogP contribution in [0.4, 0.5) is 0 Å². The van der Waals surface area contributed by atoms with E-state index in [0.717, 1.165) is 31.3 Å². The third kappa shape index (κ3) is 5.36. The lowest BCUT2D eigenvalue weighted by Gasteiger charge is -2.65. The summed E-state index contributed by atoms with van der Waals surface area (Å²) in [6, 6.07) is 0. The Labute approximate surface area is 265 Å². The average Bonchev–Trinajstić information content (AvgIpc) is 3.28. The van der Waals surface area contributed by atoms with E-state index < -0.39 is 22.4 Å². The molecular formula is C36H64O5Si2. The first-order valence-corrected chi connectivity index (χ1v) is 23.1. The van der Waals surface area contributed by atoms with Crippen molar-refractivity contribution in [2.75, 3.05) is 0 Å². The van der Waals surface area contributed by atoms with Crippen LogP contribution in [0.25, 0.3) is 0 Å². The molecule has 43 heavy (non-hydrogen) atoms. The SMILES string of the molecule is C/C=C1/C(=O)C[C@H]2[C@@H]3[C@H]4OC(C)(C)O[C@@H]4[C@H]4C[C@@H](O[Si](C)(C)C(C)(C)C)CC[C@]4(C)[C@H]3[C@@H](O[Si](C)(C)C(C)(C)C)C[C@]12C. The van der Waals surface area contributed by atoms with Gasteiger partial charge in [-0.05, 0) is 117 Å². The zero-order valence-electron chi connectivity index (χ0n) is 30.3. The fourth-order valence-corrected chi connectivity index (χ4v) is 12.5. The van der Waals surface area contributed by atoms with Gasteiger partial charge in [-0.1, -0.05) is 61.5 Å². The number of rotatable bonds is 4. The molecule has 7 heteroatoms. The predicted molar refractivity (Wildman–Crippen MR) is 180 cm³/mol. The van der Waals surface area contributed by atoms with Gasteiger partial charge in [-0.3, -0.25) is 4.79 Å². The van der Waals surface area contributed by atoms with Crippen LogP contribution in [-0.2, 0) is 23.1 Å². The van der Waals surface area contributed by atoms with Crippen molar-refractivity contribution in [3.8, 4) is 0 Å². The molecule has 4 saturated carbocycles. The predicted octanol–water partition coefficient (Wildman–Crippen LogP) is 9.29. The zero-order chi connectivity index (χ0) is 32.3. The molecule has 1 saturated heterocycles. The van der Waals surface area contributed by atoms with E-state index >= 15 is 0 Å². The summed E-state index contributed by atoms with van der Waals surface area (Å²) in [7, 11) is -4.03. The molecule has 0 N–H and O–H groups in total. The summed E-state index contributed by atoms with van der Waals surface area (Å²) in [5, 5.41) is 0.286. The van der Waals surface area contributed by atoms with Crippen LogP contribution in [0.1, 0.15) is 108 Å². The number of carbonyl (C=O) groups excluding carboxylic acids is 1. The Hall–Kier alpha value is -0.316. The van der Waals surface area contributed by atoms with Crippen LogP contribution in [0.2, 0.25) is 36.3 Å². The van der Waals surface area contributed by atoms with Gasteiger partial charge in [0.05, 0.1) is 12.2 Å². The molecule has 5 fully saturated rings. The Balaban J connectivity index is 1.62. The van der Waals surface area contributed by atoms with Gasteiger partial charge < -0.3 is 18.3 Å². The summed E-state index contributed by atoms with van der Waals surface area (Å²) in [5.41, 5.74) is 0.846. The lowest BCUT2D eigenvalue weighted by molar-refractivity contribution is -0.212. The second kappa shape index (κ2) is 10.3. The average molecular weight is 633 g/mol. The normalized spacial score (nSPS) is 44.2. The van der Waals surface area contributed by atoms with Gasteiger partial charge in [-0.15, -0.1) is 0 Å². The first-order chi connectivity index (χ1) is 19.4. The first kappa shape index (κ1) is 34.0. The van der Waals surface area contributed by atoms with Gasteiger partial charge in [0.15, 0.2) is 28.2 Å². The number of allylic oxidation sites excluding steroid dienone is 2. The van der Waals surface area contributed by atoms with E-state index in [0.29, 0.717) is 24.0 Å². The molecule has 10 atom stereocenters. The van der Waals surface area contributed by atoms with E-state index in [4.69, 9.17) is 18.3 Å². The molecule has 246 valence electrons. The molecule has 0 aromatic carbocycles. The maximum Gasteiger partial charge on any atom is 0.192 e. The molecule has 5 rings (SSSR count). The van der Waals surface area contributed by atoms with Crippen molar-refractivity contribution >= 4 is 22.4 Å². The number of fused-ring (bicyclic) bond motifs is 8. The third-order valence-corrected chi connectivity index (χ3v) is 23.0. The summed E-state index contributed by atoms with van der Waals surface area (Å²) in [4.78, 5) is 13.7. The van der Waals surface area contributed by atoms with Crippen LogP contribution in [-0.4, -0.2) is 52.6 Å². The molecule has 5 nitrogen and oxygen atoms in total. The molecule has 0 aromatic heterocycles. The van der Waals surface area contributed by atoms with Gasteiger partial charge in [-0.2, -0.15) is 0 Å². The molecule has 0 radical (unpaired) electrons. The molecule has 5 aliphatic rings. The second-order valence-corrected chi connectivity index (χ2v) is 28.5. The molecule has 0 unspecified atom stereocenters. The maximum absolute atomic E-state index is 13.7. The van der Waals surface area contributed by atoms with Gasteiger partial charge in [0.2, 0.25) is 0 Å². The summed E-state index contributed by atoms with van der Waals surface area (Å²) in [6.07, 6.45) is 7.16. The maximum atomic E-state index is 13.7. The molecule has 0 aromatic rings. The minimum atomic E-state index is -2.11. The quantitative estimate of drug-likeness (QED) is 0.228. The van der Waals surface area contributed by atoms with E-state index in [-0.39, 0.29) is 57.2 Å². The summed E-state index contributed by atoms with van der Waals surface area (Å²) >= 11 is 0. The summed E-state index contributed by atoms with van der Waals surface area (Å²) in [6.45, 7) is 34.8. The number of hydrogen-bond acceptors (Lipinski definition) is 5. The summed E-state index contributed by atoms with van der Waals surface area (Å²) in [5.74, 6) is 0.808. The van der Waals surface area contributed by atoms with Crippen molar-refractivity contribution in [1.29, 1.82) is 0 Å². The van der Waals surface area contributed by atoms with E-state index in [1.54, 1.807) is 0 Å². The Morgan fingerprint density at radius 3 is 1.98 bits per heavy atom. The monoisotopic (exact) mass is 632 g/mol. The van der Waals surface area contributed by atoms with Gasteiger partial charge in [0.25, 0.3) is 0 Å². The van der Waals surface area contributed by atoms with E-state index in [9.17, 15) is 4.79 Å². The van der Waals surface area contributed by atoms with Crippen LogP contribution in [0.5, 0.6) is 0 Å². The highest BCUT2D eigenvalue weighted by atomic mass is 28.4. The van der Waals surface area contributed by atoms with Crippen LogP contribution in [0.3, 0.4) is 0 Å².